The molecule has 110 valence electrons. The van der Waals surface area contributed by atoms with Crippen molar-refractivity contribution in [1.29, 1.82) is 0 Å². The highest BCUT2D eigenvalue weighted by molar-refractivity contribution is 9.10. The average Bonchev–Trinajstić information content (AvgIpc) is 2.44. The van der Waals surface area contributed by atoms with Gasteiger partial charge in [-0.1, -0.05) is 39.7 Å². The van der Waals surface area contributed by atoms with Gasteiger partial charge in [0, 0.05) is 4.47 Å². The van der Waals surface area contributed by atoms with Gasteiger partial charge in [-0.15, -0.1) is 0 Å². The summed E-state index contributed by atoms with van der Waals surface area (Å²) in [7, 11) is 0. The lowest BCUT2D eigenvalue weighted by atomic mass is 10.3. The highest BCUT2D eigenvalue weighted by atomic mass is 79.9. The van der Waals surface area contributed by atoms with E-state index in [0.29, 0.717) is 16.7 Å². The minimum atomic E-state index is 0.450. The molecule has 0 aliphatic rings. The van der Waals surface area contributed by atoms with Gasteiger partial charge in [0.2, 0.25) is 0 Å². The monoisotopic (exact) mass is 384 g/mol. The molecule has 2 aromatic carbocycles. The number of rotatable bonds is 4. The molecule has 0 radical (unpaired) electrons. The van der Waals surface area contributed by atoms with E-state index in [1.165, 1.54) is 0 Å². The van der Waals surface area contributed by atoms with Crippen molar-refractivity contribution in [3.05, 3.63) is 52.0 Å². The second-order valence-corrected chi connectivity index (χ2v) is 5.86. The van der Waals surface area contributed by atoms with Crippen LogP contribution in [0.15, 0.2) is 46.9 Å². The molecule has 0 fully saturated rings. The van der Waals surface area contributed by atoms with Crippen LogP contribution in [0.5, 0.6) is 5.75 Å². The van der Waals surface area contributed by atoms with Gasteiger partial charge in [0.25, 0.3) is 0 Å². The number of hydrogen-bond donors (Lipinski definition) is 2. The Morgan fingerprint density at radius 1 is 1.19 bits per heavy atom. The van der Waals surface area contributed by atoms with Crippen molar-refractivity contribution in [3.63, 3.8) is 0 Å². The van der Waals surface area contributed by atoms with E-state index in [-0.39, 0.29) is 0 Å². The zero-order chi connectivity index (χ0) is 15.2. The molecule has 0 amide bonds. The first-order chi connectivity index (χ1) is 10.1. The molecule has 0 bridgehead atoms. The van der Waals surface area contributed by atoms with Crippen LogP contribution in [0.25, 0.3) is 0 Å². The Bertz CT molecular complexity index is 651. The first-order valence-corrected chi connectivity index (χ1v) is 7.93. The van der Waals surface area contributed by atoms with Gasteiger partial charge >= 0.3 is 0 Å². The Morgan fingerprint density at radius 2 is 1.90 bits per heavy atom. The lowest BCUT2D eigenvalue weighted by Gasteiger charge is -2.14. The van der Waals surface area contributed by atoms with E-state index in [1.807, 2.05) is 43.3 Å². The fraction of sp³-hybridized carbons (Fsp3) is 0.133. The summed E-state index contributed by atoms with van der Waals surface area (Å²) in [5.41, 5.74) is 1.55. The predicted molar refractivity (Wildman–Crippen MR) is 96.6 cm³/mol. The van der Waals surface area contributed by atoms with Gasteiger partial charge in [0.05, 0.1) is 23.0 Å². The van der Waals surface area contributed by atoms with Crippen LogP contribution >= 0.6 is 39.7 Å². The summed E-state index contributed by atoms with van der Waals surface area (Å²) in [5.74, 6) is 0.756. The molecule has 0 unspecified atom stereocenters. The molecule has 0 heterocycles. The van der Waals surface area contributed by atoms with Crippen LogP contribution in [0.3, 0.4) is 0 Å². The average molecular weight is 386 g/mol. The maximum Gasteiger partial charge on any atom is 0.175 e. The molecule has 0 aliphatic heterocycles. The Kier molecular flexibility index (Phi) is 5.85. The smallest absolute Gasteiger partial charge is 0.175 e. The summed E-state index contributed by atoms with van der Waals surface area (Å²) >= 11 is 14.8. The van der Waals surface area contributed by atoms with Crippen LogP contribution in [-0.4, -0.2) is 11.7 Å². The largest absolute Gasteiger partial charge is 0.492 e. The van der Waals surface area contributed by atoms with Gasteiger partial charge in [0.15, 0.2) is 5.11 Å². The zero-order valence-electron chi connectivity index (χ0n) is 11.3. The van der Waals surface area contributed by atoms with Crippen molar-refractivity contribution in [1.82, 2.24) is 0 Å². The topological polar surface area (TPSA) is 33.3 Å². The van der Waals surface area contributed by atoms with Crippen LogP contribution in [0.2, 0.25) is 5.02 Å². The molecular weight excluding hydrogens is 372 g/mol. The second kappa shape index (κ2) is 7.64. The highest BCUT2D eigenvalue weighted by Gasteiger charge is 2.07. The Hall–Kier alpha value is -1.30. The zero-order valence-corrected chi connectivity index (χ0v) is 14.5. The van der Waals surface area contributed by atoms with Crippen molar-refractivity contribution < 1.29 is 4.74 Å². The van der Waals surface area contributed by atoms with Gasteiger partial charge in [-0.05, 0) is 49.5 Å². The molecule has 2 rings (SSSR count). The minimum absolute atomic E-state index is 0.450. The van der Waals surface area contributed by atoms with Gasteiger partial charge in [0.1, 0.15) is 5.75 Å². The van der Waals surface area contributed by atoms with Gasteiger partial charge in [-0.2, -0.15) is 0 Å². The third kappa shape index (κ3) is 4.59. The van der Waals surface area contributed by atoms with Crippen LogP contribution in [0, 0.1) is 0 Å². The molecule has 0 aliphatic carbocycles. The summed E-state index contributed by atoms with van der Waals surface area (Å²) in [6.07, 6.45) is 0. The van der Waals surface area contributed by atoms with Crippen LogP contribution < -0.4 is 15.4 Å². The predicted octanol–water partition coefficient (Wildman–Crippen LogP) is 5.31. The van der Waals surface area contributed by atoms with E-state index in [1.54, 1.807) is 6.07 Å². The molecule has 0 saturated heterocycles. The lowest BCUT2D eigenvalue weighted by molar-refractivity contribution is 0.342. The molecule has 0 atom stereocenters. The van der Waals surface area contributed by atoms with Crippen molar-refractivity contribution in [2.45, 2.75) is 6.92 Å². The number of halogens is 2. The van der Waals surface area contributed by atoms with Gasteiger partial charge in [-0.25, -0.2) is 0 Å². The van der Waals surface area contributed by atoms with Crippen molar-refractivity contribution in [2.75, 3.05) is 17.2 Å². The maximum atomic E-state index is 6.15. The van der Waals surface area contributed by atoms with E-state index < -0.39 is 0 Å². The number of para-hydroxylation sites is 2. The Labute approximate surface area is 142 Å². The van der Waals surface area contributed by atoms with E-state index in [0.717, 1.165) is 21.6 Å². The third-order valence-electron chi connectivity index (χ3n) is 2.61. The molecule has 2 N–H and O–H groups in total. The van der Waals surface area contributed by atoms with Gasteiger partial charge < -0.3 is 15.4 Å². The van der Waals surface area contributed by atoms with Crippen LogP contribution in [0.1, 0.15) is 6.92 Å². The Morgan fingerprint density at radius 3 is 2.62 bits per heavy atom. The quantitative estimate of drug-likeness (QED) is 0.699. The SMILES string of the molecule is CCOc1ccccc1NC(=S)Nc1ccc(Br)cc1Cl. The maximum absolute atomic E-state index is 6.15. The number of nitrogens with one attached hydrogen (secondary N) is 2. The summed E-state index contributed by atoms with van der Waals surface area (Å²) in [5, 5.41) is 7.22. The summed E-state index contributed by atoms with van der Waals surface area (Å²) in [6.45, 7) is 2.53. The molecule has 21 heavy (non-hydrogen) atoms. The highest BCUT2D eigenvalue weighted by Crippen LogP contribution is 2.27. The van der Waals surface area contributed by atoms with E-state index in [9.17, 15) is 0 Å². The molecule has 6 heteroatoms. The number of thiocarbonyl (C=S) groups is 1. The fourth-order valence-electron chi connectivity index (χ4n) is 1.72. The minimum Gasteiger partial charge on any atom is -0.492 e. The molecule has 0 aromatic heterocycles. The molecule has 0 spiro atoms. The molecule has 0 saturated carbocycles. The Balaban J connectivity index is 2.08. The summed E-state index contributed by atoms with van der Waals surface area (Å²) < 4.78 is 6.46. The number of hydrogen-bond acceptors (Lipinski definition) is 2. The number of benzene rings is 2. The van der Waals surface area contributed by atoms with E-state index in [4.69, 9.17) is 28.6 Å². The summed E-state index contributed by atoms with van der Waals surface area (Å²) in [4.78, 5) is 0. The van der Waals surface area contributed by atoms with Crippen LogP contribution in [-0.2, 0) is 0 Å². The van der Waals surface area contributed by atoms with Gasteiger partial charge in [-0.3, -0.25) is 0 Å². The first kappa shape index (κ1) is 16.1. The lowest BCUT2D eigenvalue weighted by Crippen LogP contribution is -2.19. The van der Waals surface area contributed by atoms with E-state index in [2.05, 4.69) is 26.6 Å². The number of anilines is 2. The standard InChI is InChI=1S/C15H14BrClN2OS/c1-2-20-14-6-4-3-5-13(14)19-15(21)18-12-8-7-10(16)9-11(12)17/h3-9H,2H2,1H3,(H2,18,19,21). The van der Waals surface area contributed by atoms with Crippen molar-refractivity contribution in [2.24, 2.45) is 0 Å². The molecule has 3 nitrogen and oxygen atoms in total. The molecular formula is C15H14BrClN2OS. The molecule has 2 aromatic rings. The first-order valence-electron chi connectivity index (χ1n) is 6.35. The summed E-state index contributed by atoms with van der Waals surface area (Å²) in [6, 6.07) is 13.2. The van der Waals surface area contributed by atoms with Crippen LogP contribution in [0.4, 0.5) is 11.4 Å². The fourth-order valence-corrected chi connectivity index (χ4v) is 2.66. The van der Waals surface area contributed by atoms with E-state index >= 15 is 0 Å². The number of ether oxygens (including phenoxy) is 1. The second-order valence-electron chi connectivity index (χ2n) is 4.13. The van der Waals surface area contributed by atoms with Crippen molar-refractivity contribution in [3.8, 4) is 5.75 Å². The normalized spacial score (nSPS) is 10.0. The van der Waals surface area contributed by atoms with Crippen molar-refractivity contribution >= 4 is 56.2 Å². The third-order valence-corrected chi connectivity index (χ3v) is 3.62.